The monoisotopic (exact) mass is 421 g/mol. The molecule has 2 saturated heterocycles. The van der Waals surface area contributed by atoms with E-state index in [0.29, 0.717) is 13.1 Å². The van der Waals surface area contributed by atoms with E-state index in [-0.39, 0.29) is 23.6 Å². The quantitative estimate of drug-likeness (QED) is 0.766. The van der Waals surface area contributed by atoms with Crippen LogP contribution in [0.25, 0.3) is 0 Å². The third kappa shape index (κ3) is 5.51. The van der Waals surface area contributed by atoms with Crippen LogP contribution in [0.15, 0.2) is 24.3 Å². The maximum Gasteiger partial charge on any atom is 0.224 e. The largest absolute Gasteiger partial charge is 0.372 e. The molecule has 2 atom stereocenters. The first-order chi connectivity index (χ1) is 13.8. The third-order valence-electron chi connectivity index (χ3n) is 6.41. The van der Waals surface area contributed by atoms with Crippen molar-refractivity contribution in [1.29, 1.82) is 0 Å². The maximum atomic E-state index is 12.7. The smallest absolute Gasteiger partial charge is 0.224 e. The van der Waals surface area contributed by atoms with E-state index in [9.17, 15) is 13.2 Å². The second-order valence-electron chi connectivity index (χ2n) is 8.59. The number of anilines is 1. The lowest BCUT2D eigenvalue weighted by Gasteiger charge is -2.32. The Balaban J connectivity index is 1.56. The number of carbonyl (C=O) groups excluding carboxylic acids is 1. The van der Waals surface area contributed by atoms with Gasteiger partial charge in [0.05, 0.1) is 17.7 Å². The summed E-state index contributed by atoms with van der Waals surface area (Å²) in [5, 5.41) is 3.09. The van der Waals surface area contributed by atoms with E-state index in [1.807, 2.05) is 6.92 Å². The number of nitrogens with zero attached hydrogens (tertiary/aromatic N) is 2. The van der Waals surface area contributed by atoms with Gasteiger partial charge in [-0.2, -0.15) is 0 Å². The van der Waals surface area contributed by atoms with E-state index in [1.165, 1.54) is 22.8 Å². The minimum Gasteiger partial charge on any atom is -0.372 e. The highest BCUT2D eigenvalue weighted by Gasteiger charge is 2.31. The number of sulfonamides is 1. The zero-order valence-electron chi connectivity index (χ0n) is 17.9. The van der Waals surface area contributed by atoms with Crippen molar-refractivity contribution in [2.24, 2.45) is 11.8 Å². The number of hydrogen-bond donors (Lipinski definition) is 1. The average Bonchev–Trinajstić information content (AvgIpc) is 2.74. The lowest BCUT2D eigenvalue weighted by Crippen LogP contribution is -2.46. The molecule has 29 heavy (non-hydrogen) atoms. The van der Waals surface area contributed by atoms with Crippen LogP contribution in [-0.2, 0) is 14.8 Å². The highest BCUT2D eigenvalue weighted by molar-refractivity contribution is 7.89. The molecule has 1 N–H and O–H groups in total. The molecule has 0 saturated carbocycles. The summed E-state index contributed by atoms with van der Waals surface area (Å²) in [6.45, 7) is 8.96. The van der Waals surface area contributed by atoms with Crippen molar-refractivity contribution in [3.8, 4) is 0 Å². The van der Waals surface area contributed by atoms with Crippen molar-refractivity contribution in [3.63, 3.8) is 0 Å². The van der Waals surface area contributed by atoms with Crippen molar-refractivity contribution in [2.75, 3.05) is 36.8 Å². The first-order valence-corrected chi connectivity index (χ1v) is 12.5. The summed E-state index contributed by atoms with van der Waals surface area (Å²) < 4.78 is 25.7. The van der Waals surface area contributed by atoms with Crippen LogP contribution in [0.2, 0.25) is 0 Å². The van der Waals surface area contributed by atoms with Crippen molar-refractivity contribution in [3.05, 3.63) is 29.8 Å². The summed E-state index contributed by atoms with van der Waals surface area (Å²) in [6, 6.07) is 8.37. The van der Waals surface area contributed by atoms with Crippen LogP contribution in [0.1, 0.15) is 58.1 Å². The molecule has 2 fully saturated rings. The summed E-state index contributed by atoms with van der Waals surface area (Å²) in [7, 11) is -3.24. The number of piperidine rings is 2. The molecule has 7 heteroatoms. The van der Waals surface area contributed by atoms with Gasteiger partial charge < -0.3 is 10.2 Å². The second-order valence-corrected chi connectivity index (χ2v) is 10.8. The molecule has 0 unspecified atom stereocenters. The number of hydrogen-bond acceptors (Lipinski definition) is 4. The van der Waals surface area contributed by atoms with Crippen molar-refractivity contribution in [2.45, 2.75) is 52.5 Å². The van der Waals surface area contributed by atoms with Crippen LogP contribution < -0.4 is 10.2 Å². The highest BCUT2D eigenvalue weighted by atomic mass is 32.2. The summed E-state index contributed by atoms with van der Waals surface area (Å²) in [5.41, 5.74) is 2.31. The van der Waals surface area contributed by atoms with E-state index in [4.69, 9.17) is 0 Å². The Bertz CT molecular complexity index is 786. The molecule has 2 aliphatic rings. The topological polar surface area (TPSA) is 69.7 Å². The Morgan fingerprint density at radius 2 is 1.79 bits per heavy atom. The van der Waals surface area contributed by atoms with E-state index >= 15 is 0 Å². The highest BCUT2D eigenvalue weighted by Crippen LogP contribution is 2.25. The minimum atomic E-state index is -3.24. The molecule has 0 radical (unpaired) electrons. The molecule has 2 heterocycles. The fraction of sp³-hybridized carbons (Fsp3) is 0.682. The lowest BCUT2D eigenvalue weighted by atomic mass is 9.97. The van der Waals surface area contributed by atoms with Crippen molar-refractivity contribution < 1.29 is 13.2 Å². The van der Waals surface area contributed by atoms with Crippen LogP contribution >= 0.6 is 0 Å². The van der Waals surface area contributed by atoms with E-state index in [0.717, 1.165) is 37.4 Å². The molecular formula is C22H35N3O3S. The van der Waals surface area contributed by atoms with Gasteiger partial charge in [0.2, 0.25) is 15.9 Å². The van der Waals surface area contributed by atoms with Gasteiger partial charge in [-0.25, -0.2) is 12.7 Å². The predicted octanol–water partition coefficient (Wildman–Crippen LogP) is 3.16. The van der Waals surface area contributed by atoms with Crippen LogP contribution in [0.4, 0.5) is 5.69 Å². The fourth-order valence-electron chi connectivity index (χ4n) is 4.25. The third-order valence-corrected chi connectivity index (χ3v) is 8.26. The normalized spacial score (nSPS) is 23.0. The molecule has 1 aromatic rings. The number of nitrogens with one attached hydrogen (secondary N) is 1. The van der Waals surface area contributed by atoms with Crippen LogP contribution in [0.5, 0.6) is 0 Å². The molecule has 3 rings (SSSR count). The predicted molar refractivity (Wildman–Crippen MR) is 117 cm³/mol. The van der Waals surface area contributed by atoms with E-state index < -0.39 is 10.0 Å². The molecule has 0 aliphatic carbocycles. The Labute approximate surface area is 175 Å². The van der Waals surface area contributed by atoms with E-state index in [2.05, 4.69) is 41.4 Å². The summed E-state index contributed by atoms with van der Waals surface area (Å²) in [5.74, 6) is 0.563. The van der Waals surface area contributed by atoms with Gasteiger partial charge in [-0.3, -0.25) is 4.79 Å². The van der Waals surface area contributed by atoms with Crippen LogP contribution in [-0.4, -0.2) is 50.6 Å². The Morgan fingerprint density at radius 3 is 2.41 bits per heavy atom. The standard InChI is InChI=1S/C22H35N3O3S/c1-4-29(27,28)25-13-5-6-20(16-25)22(26)23-18(3)19-7-9-21(10-8-19)24-14-11-17(2)12-15-24/h7-10,17-18,20H,4-6,11-16H2,1-3H3,(H,23,26)/t18-,20-/m1/s1. The summed E-state index contributed by atoms with van der Waals surface area (Å²) >= 11 is 0. The Kier molecular flexibility index (Phi) is 7.22. The summed E-state index contributed by atoms with van der Waals surface area (Å²) in [4.78, 5) is 15.2. The zero-order valence-corrected chi connectivity index (χ0v) is 18.7. The van der Waals surface area contributed by atoms with E-state index in [1.54, 1.807) is 6.92 Å². The molecule has 6 nitrogen and oxygen atoms in total. The number of amides is 1. The van der Waals surface area contributed by atoms with Crippen LogP contribution in [0.3, 0.4) is 0 Å². The van der Waals surface area contributed by atoms with Crippen molar-refractivity contribution in [1.82, 2.24) is 9.62 Å². The van der Waals surface area contributed by atoms with Gasteiger partial charge in [0, 0.05) is 31.9 Å². The first-order valence-electron chi connectivity index (χ1n) is 10.9. The SMILES string of the molecule is CCS(=O)(=O)N1CCC[C@@H](C(=O)N[C@H](C)c2ccc(N3CCC(C)CC3)cc2)C1. The molecule has 1 amide bonds. The summed E-state index contributed by atoms with van der Waals surface area (Å²) in [6.07, 6.45) is 3.94. The van der Waals surface area contributed by atoms with Crippen molar-refractivity contribution >= 4 is 21.6 Å². The molecular weight excluding hydrogens is 386 g/mol. The zero-order chi connectivity index (χ0) is 21.0. The number of rotatable bonds is 6. The fourth-order valence-corrected chi connectivity index (χ4v) is 5.43. The lowest BCUT2D eigenvalue weighted by molar-refractivity contribution is -0.126. The van der Waals surface area contributed by atoms with Crippen LogP contribution in [0, 0.1) is 11.8 Å². The van der Waals surface area contributed by atoms with Gasteiger partial charge in [-0.15, -0.1) is 0 Å². The average molecular weight is 422 g/mol. The Morgan fingerprint density at radius 1 is 1.14 bits per heavy atom. The second kappa shape index (κ2) is 9.47. The number of benzene rings is 1. The Hall–Kier alpha value is -1.60. The minimum absolute atomic E-state index is 0.0532. The van der Waals surface area contributed by atoms with Gasteiger partial charge in [0.25, 0.3) is 0 Å². The first kappa shape index (κ1) is 22.1. The molecule has 0 bridgehead atoms. The molecule has 1 aromatic carbocycles. The molecule has 0 spiro atoms. The van der Waals surface area contributed by atoms with Gasteiger partial charge >= 0.3 is 0 Å². The molecule has 0 aromatic heterocycles. The molecule has 2 aliphatic heterocycles. The van der Waals surface area contributed by atoms with Gasteiger partial charge in [-0.05, 0) is 63.1 Å². The van der Waals surface area contributed by atoms with Gasteiger partial charge in [-0.1, -0.05) is 19.1 Å². The number of carbonyl (C=O) groups is 1. The van der Waals surface area contributed by atoms with Gasteiger partial charge in [0.15, 0.2) is 0 Å². The molecule has 162 valence electrons. The maximum absolute atomic E-state index is 12.7. The van der Waals surface area contributed by atoms with Gasteiger partial charge in [0.1, 0.15) is 0 Å².